The molecule has 0 radical (unpaired) electrons. The van der Waals surface area contributed by atoms with Crippen LogP contribution in [0.5, 0.6) is 0 Å². The summed E-state index contributed by atoms with van der Waals surface area (Å²) in [6.07, 6.45) is -0.377. The molecule has 0 aliphatic carbocycles. The Morgan fingerprint density at radius 3 is 2.39 bits per heavy atom. The topological polar surface area (TPSA) is 97.3 Å². The standard InChI is InChI=1S/C36H36BClF3N5O3/c1-45(22-24-8-11-28(37-49)12-9-24)23-26-6-5-7-27(18-26)34(47)43-33-15-13-29(46-16-3-2-4-17-46)20-30(33)35(48)44-42-21-25-10-14-32(38)31(19-25)36(39,40)41/h5-15,18-21,37,49H,2-4,16-17,22-23H2,1H3,(H,43,47)(H,44,48)/b42-21+. The third-order valence-electron chi connectivity index (χ3n) is 8.19. The van der Waals surface area contributed by atoms with E-state index < -0.39 is 28.6 Å². The van der Waals surface area contributed by atoms with E-state index in [2.05, 4.69) is 25.6 Å². The second kappa shape index (κ2) is 16.2. The summed E-state index contributed by atoms with van der Waals surface area (Å²) in [5.74, 6) is -1.05. The Bertz CT molecular complexity index is 1810. The minimum Gasteiger partial charge on any atom is -0.449 e. The second-order valence-electron chi connectivity index (χ2n) is 12.0. The minimum atomic E-state index is -4.64. The summed E-state index contributed by atoms with van der Waals surface area (Å²) in [6.45, 7) is 2.92. The summed E-state index contributed by atoms with van der Waals surface area (Å²) in [5.41, 5.74) is 5.98. The maximum Gasteiger partial charge on any atom is 0.417 e. The highest BCUT2D eigenvalue weighted by Crippen LogP contribution is 2.35. The number of hydrogen-bond acceptors (Lipinski definition) is 6. The van der Waals surface area contributed by atoms with Crippen LogP contribution in [-0.4, -0.2) is 55.6 Å². The molecule has 0 saturated carbocycles. The molecule has 0 atom stereocenters. The van der Waals surface area contributed by atoms with Crippen molar-refractivity contribution in [3.05, 3.63) is 123 Å². The highest BCUT2D eigenvalue weighted by molar-refractivity contribution is 6.45. The summed E-state index contributed by atoms with van der Waals surface area (Å²) < 4.78 is 39.9. The largest absolute Gasteiger partial charge is 0.449 e. The van der Waals surface area contributed by atoms with Gasteiger partial charge in [-0.25, -0.2) is 5.43 Å². The lowest BCUT2D eigenvalue weighted by molar-refractivity contribution is -0.137. The molecule has 254 valence electrons. The van der Waals surface area contributed by atoms with Gasteiger partial charge in [-0.2, -0.15) is 18.3 Å². The maximum atomic E-state index is 13.5. The predicted octanol–water partition coefficient (Wildman–Crippen LogP) is 5.97. The molecule has 8 nitrogen and oxygen atoms in total. The normalized spacial score (nSPS) is 13.5. The zero-order valence-corrected chi connectivity index (χ0v) is 27.7. The number of nitrogens with zero attached hydrogens (tertiary/aromatic N) is 3. The summed E-state index contributed by atoms with van der Waals surface area (Å²) in [5, 5.41) is 15.6. The number of carbonyl (C=O) groups is 2. The number of hydrazone groups is 1. The quantitative estimate of drug-likeness (QED) is 0.103. The number of anilines is 2. The smallest absolute Gasteiger partial charge is 0.417 e. The Kier molecular flexibility index (Phi) is 11.8. The molecule has 4 aromatic carbocycles. The van der Waals surface area contributed by atoms with Gasteiger partial charge in [0.25, 0.3) is 11.8 Å². The average Bonchev–Trinajstić information content (AvgIpc) is 3.09. The molecule has 5 rings (SSSR count). The van der Waals surface area contributed by atoms with Crippen molar-refractivity contribution >= 4 is 53.9 Å². The monoisotopic (exact) mass is 689 g/mol. The number of hydrogen-bond donors (Lipinski definition) is 3. The van der Waals surface area contributed by atoms with Crippen molar-refractivity contribution in [1.82, 2.24) is 10.3 Å². The molecule has 0 aromatic heterocycles. The predicted molar refractivity (Wildman–Crippen MR) is 189 cm³/mol. The number of halogens is 4. The first kappa shape index (κ1) is 35.7. The highest BCUT2D eigenvalue weighted by Gasteiger charge is 2.33. The number of rotatable bonds is 11. The lowest BCUT2D eigenvalue weighted by Gasteiger charge is -2.29. The van der Waals surface area contributed by atoms with Crippen molar-refractivity contribution < 1.29 is 27.8 Å². The minimum absolute atomic E-state index is 0.00691. The lowest BCUT2D eigenvalue weighted by atomic mass is 9.88. The molecule has 1 heterocycles. The van der Waals surface area contributed by atoms with E-state index in [1.165, 1.54) is 6.07 Å². The van der Waals surface area contributed by atoms with Crippen LogP contribution in [0.25, 0.3) is 0 Å². The molecular formula is C36H36BClF3N5O3. The van der Waals surface area contributed by atoms with E-state index in [1.807, 2.05) is 43.4 Å². The fourth-order valence-corrected chi connectivity index (χ4v) is 5.90. The van der Waals surface area contributed by atoms with Gasteiger partial charge in [0.05, 0.1) is 28.1 Å². The van der Waals surface area contributed by atoms with Gasteiger partial charge in [-0.3, -0.25) is 14.5 Å². The lowest BCUT2D eigenvalue weighted by Crippen LogP contribution is -2.30. The molecule has 49 heavy (non-hydrogen) atoms. The van der Waals surface area contributed by atoms with E-state index >= 15 is 0 Å². The van der Waals surface area contributed by atoms with Gasteiger partial charge in [0.15, 0.2) is 0 Å². The van der Waals surface area contributed by atoms with Crippen LogP contribution in [0.4, 0.5) is 24.5 Å². The number of amides is 2. The second-order valence-corrected chi connectivity index (χ2v) is 12.4. The zero-order chi connectivity index (χ0) is 35.0. The van der Waals surface area contributed by atoms with Crippen LogP contribution in [0.2, 0.25) is 5.02 Å². The van der Waals surface area contributed by atoms with Gasteiger partial charge in [0, 0.05) is 37.4 Å². The van der Waals surface area contributed by atoms with E-state index in [0.717, 1.165) is 73.0 Å². The van der Waals surface area contributed by atoms with Gasteiger partial charge in [-0.05, 0) is 85.5 Å². The van der Waals surface area contributed by atoms with Crippen LogP contribution < -0.4 is 21.1 Å². The number of carbonyl (C=O) groups excluding carboxylic acids is 2. The zero-order valence-electron chi connectivity index (χ0n) is 26.9. The van der Waals surface area contributed by atoms with Gasteiger partial charge >= 0.3 is 13.7 Å². The average molecular weight is 690 g/mol. The molecule has 1 aliphatic heterocycles. The Morgan fingerprint density at radius 1 is 0.939 bits per heavy atom. The van der Waals surface area contributed by atoms with Gasteiger partial charge in [-0.1, -0.05) is 59.5 Å². The van der Waals surface area contributed by atoms with Crippen molar-refractivity contribution in [2.75, 3.05) is 30.4 Å². The first-order valence-corrected chi connectivity index (χ1v) is 16.2. The maximum absolute atomic E-state index is 13.5. The van der Waals surface area contributed by atoms with Crippen molar-refractivity contribution in [1.29, 1.82) is 0 Å². The van der Waals surface area contributed by atoms with Crippen LogP contribution in [0.3, 0.4) is 0 Å². The van der Waals surface area contributed by atoms with Gasteiger partial charge in [0.1, 0.15) is 0 Å². The molecule has 2 amide bonds. The van der Waals surface area contributed by atoms with E-state index in [1.54, 1.807) is 30.3 Å². The fraction of sp³-hybridized carbons (Fsp3) is 0.250. The van der Waals surface area contributed by atoms with Crippen LogP contribution >= 0.6 is 11.6 Å². The number of nitrogens with one attached hydrogen (secondary N) is 2. The molecular weight excluding hydrogens is 654 g/mol. The summed E-state index contributed by atoms with van der Waals surface area (Å²) >= 11 is 5.72. The van der Waals surface area contributed by atoms with E-state index in [9.17, 15) is 27.8 Å². The molecule has 13 heteroatoms. The molecule has 4 aromatic rings. The Hall–Kier alpha value is -4.65. The molecule has 0 unspecified atom stereocenters. The highest BCUT2D eigenvalue weighted by atomic mass is 35.5. The van der Waals surface area contributed by atoms with E-state index in [-0.39, 0.29) is 24.3 Å². The van der Waals surface area contributed by atoms with Gasteiger partial charge in [-0.15, -0.1) is 0 Å². The summed E-state index contributed by atoms with van der Waals surface area (Å²) in [4.78, 5) is 31.2. The van der Waals surface area contributed by atoms with E-state index in [4.69, 9.17) is 11.6 Å². The third-order valence-corrected chi connectivity index (χ3v) is 8.52. The van der Waals surface area contributed by atoms with Crippen molar-refractivity contribution in [2.45, 2.75) is 38.5 Å². The third kappa shape index (κ3) is 9.72. The van der Waals surface area contributed by atoms with Crippen LogP contribution in [-0.2, 0) is 19.3 Å². The van der Waals surface area contributed by atoms with Crippen molar-refractivity contribution in [3.8, 4) is 0 Å². The molecule has 1 aliphatic rings. The molecule has 1 fully saturated rings. The van der Waals surface area contributed by atoms with Crippen LogP contribution in [0, 0.1) is 0 Å². The summed E-state index contributed by atoms with van der Waals surface area (Å²) in [6, 6.07) is 23.5. The SMILES string of the molecule is CN(Cc1ccc(BO)cc1)Cc1cccc(C(=O)Nc2ccc(N3CCCCC3)cc2C(=O)N/N=C/c2ccc(Cl)c(C(F)(F)F)c2)c1. The first-order valence-electron chi connectivity index (χ1n) is 15.9. The number of alkyl halides is 3. The molecule has 1 saturated heterocycles. The molecule has 0 bridgehead atoms. The van der Waals surface area contributed by atoms with Gasteiger partial charge in [0.2, 0.25) is 0 Å². The van der Waals surface area contributed by atoms with E-state index in [0.29, 0.717) is 18.7 Å². The summed E-state index contributed by atoms with van der Waals surface area (Å²) in [7, 11) is 1.97. The van der Waals surface area contributed by atoms with Crippen molar-refractivity contribution in [2.24, 2.45) is 5.10 Å². The Balaban J connectivity index is 1.31. The Morgan fingerprint density at radius 2 is 1.67 bits per heavy atom. The first-order chi connectivity index (χ1) is 23.5. The fourth-order valence-electron chi connectivity index (χ4n) is 5.68. The Labute approximate surface area is 288 Å². The van der Waals surface area contributed by atoms with Crippen LogP contribution in [0.15, 0.2) is 90.0 Å². The number of benzene rings is 4. The van der Waals surface area contributed by atoms with Crippen molar-refractivity contribution in [3.63, 3.8) is 0 Å². The van der Waals surface area contributed by atoms with Gasteiger partial charge < -0.3 is 15.2 Å². The molecule has 0 spiro atoms. The molecule has 3 N–H and O–H groups in total. The number of piperidine rings is 1. The van der Waals surface area contributed by atoms with Crippen LogP contribution in [0.1, 0.15) is 62.2 Å².